The van der Waals surface area contributed by atoms with Gasteiger partial charge in [-0.3, -0.25) is 9.88 Å². The Morgan fingerprint density at radius 1 is 1.25 bits per heavy atom. The van der Waals surface area contributed by atoms with Crippen LogP contribution >= 0.6 is 0 Å². The molecular weight excluding hydrogens is 254 g/mol. The van der Waals surface area contributed by atoms with E-state index in [-0.39, 0.29) is 0 Å². The number of hydrogen-bond acceptors (Lipinski definition) is 4. The van der Waals surface area contributed by atoms with Crippen molar-refractivity contribution in [2.24, 2.45) is 0 Å². The molecule has 1 saturated heterocycles. The Labute approximate surface area is 120 Å². The molecule has 1 aromatic rings. The third-order valence-corrected chi connectivity index (χ3v) is 3.91. The van der Waals surface area contributed by atoms with Crippen molar-refractivity contribution in [2.45, 2.75) is 33.7 Å². The molecule has 1 fully saturated rings. The molecule has 1 aliphatic heterocycles. The zero-order chi connectivity index (χ0) is 14.9. The molecule has 2 rings (SSSR count). The molecule has 0 radical (unpaired) electrons. The fourth-order valence-corrected chi connectivity index (χ4v) is 2.80. The molecule has 0 amide bonds. The van der Waals surface area contributed by atoms with Crippen LogP contribution in [0.2, 0.25) is 0 Å². The number of aromatic carboxylic acids is 1. The van der Waals surface area contributed by atoms with Crippen molar-refractivity contribution in [3.63, 3.8) is 0 Å². The minimum atomic E-state index is -0.892. The molecule has 1 N–H and O–H groups in total. The van der Waals surface area contributed by atoms with Crippen LogP contribution in [-0.4, -0.2) is 53.2 Å². The molecule has 1 aromatic heterocycles. The molecule has 0 aromatic carbocycles. The van der Waals surface area contributed by atoms with E-state index >= 15 is 0 Å². The zero-order valence-corrected chi connectivity index (χ0v) is 12.7. The summed E-state index contributed by atoms with van der Waals surface area (Å²) in [6, 6.07) is 2.43. The second-order valence-electron chi connectivity index (χ2n) is 5.67. The molecule has 0 aliphatic carbocycles. The van der Waals surface area contributed by atoms with E-state index in [1.165, 1.54) is 0 Å². The molecule has 20 heavy (non-hydrogen) atoms. The van der Waals surface area contributed by atoms with E-state index in [4.69, 9.17) is 0 Å². The smallest absolute Gasteiger partial charge is 0.339 e. The number of carbonyl (C=O) groups is 1. The van der Waals surface area contributed by atoms with E-state index in [9.17, 15) is 9.90 Å². The van der Waals surface area contributed by atoms with E-state index in [0.717, 1.165) is 37.6 Å². The first-order valence-electron chi connectivity index (χ1n) is 7.10. The van der Waals surface area contributed by atoms with E-state index in [2.05, 4.69) is 28.6 Å². The second-order valence-corrected chi connectivity index (χ2v) is 5.67. The molecule has 0 spiro atoms. The third kappa shape index (κ3) is 2.93. The predicted octanol–water partition coefficient (Wildman–Crippen LogP) is 1.93. The van der Waals surface area contributed by atoms with Gasteiger partial charge >= 0.3 is 5.97 Å². The van der Waals surface area contributed by atoms with Crippen LogP contribution in [0.3, 0.4) is 0 Å². The molecule has 0 unspecified atom stereocenters. The van der Waals surface area contributed by atoms with Gasteiger partial charge in [0.25, 0.3) is 0 Å². The molecule has 0 atom stereocenters. The van der Waals surface area contributed by atoms with Crippen LogP contribution in [0, 0.1) is 13.8 Å². The van der Waals surface area contributed by atoms with Gasteiger partial charge in [0.05, 0.1) is 11.4 Å². The summed E-state index contributed by atoms with van der Waals surface area (Å²) in [5, 5.41) is 9.43. The summed E-state index contributed by atoms with van der Waals surface area (Å²) in [4.78, 5) is 20.4. The standard InChI is InChI=1S/C15H23N3O2/c1-10(2)17-5-7-18(8-6-17)13-9-11(3)16-12(4)14(13)15(19)20/h9-10H,5-8H2,1-4H3,(H,19,20). The number of anilines is 1. The maximum atomic E-state index is 11.5. The fraction of sp³-hybridized carbons (Fsp3) is 0.600. The maximum Gasteiger partial charge on any atom is 0.339 e. The monoisotopic (exact) mass is 277 g/mol. The van der Waals surface area contributed by atoms with Gasteiger partial charge in [0, 0.05) is 37.9 Å². The van der Waals surface area contributed by atoms with Gasteiger partial charge in [-0.05, 0) is 33.8 Å². The normalized spacial score (nSPS) is 16.8. The van der Waals surface area contributed by atoms with Gasteiger partial charge < -0.3 is 10.0 Å². The first-order valence-corrected chi connectivity index (χ1v) is 7.10. The van der Waals surface area contributed by atoms with Gasteiger partial charge in [-0.15, -0.1) is 0 Å². The summed E-state index contributed by atoms with van der Waals surface area (Å²) < 4.78 is 0. The van der Waals surface area contributed by atoms with Crippen molar-refractivity contribution >= 4 is 11.7 Å². The van der Waals surface area contributed by atoms with Crippen molar-refractivity contribution in [1.29, 1.82) is 0 Å². The Kier molecular flexibility index (Phi) is 4.28. The number of carboxylic acids is 1. The number of piperazine rings is 1. The minimum Gasteiger partial charge on any atom is -0.478 e. The lowest BCUT2D eigenvalue weighted by Gasteiger charge is -2.38. The molecular formula is C15H23N3O2. The Hall–Kier alpha value is -1.62. The van der Waals surface area contributed by atoms with Crippen LogP contribution in [0.1, 0.15) is 35.6 Å². The first kappa shape index (κ1) is 14.8. The third-order valence-electron chi connectivity index (χ3n) is 3.91. The van der Waals surface area contributed by atoms with Crippen molar-refractivity contribution < 1.29 is 9.90 Å². The average molecular weight is 277 g/mol. The minimum absolute atomic E-state index is 0.341. The summed E-state index contributed by atoms with van der Waals surface area (Å²) in [5.41, 5.74) is 2.62. The quantitative estimate of drug-likeness (QED) is 0.915. The summed E-state index contributed by atoms with van der Waals surface area (Å²) in [7, 11) is 0. The van der Waals surface area contributed by atoms with Crippen LogP contribution in [0.15, 0.2) is 6.07 Å². The lowest BCUT2D eigenvalue weighted by Crippen LogP contribution is -2.49. The lowest BCUT2D eigenvalue weighted by molar-refractivity contribution is 0.0696. The summed E-state index contributed by atoms with van der Waals surface area (Å²) >= 11 is 0. The number of carboxylic acid groups (broad SMARTS) is 1. The number of aromatic nitrogens is 1. The largest absolute Gasteiger partial charge is 0.478 e. The highest BCUT2D eigenvalue weighted by atomic mass is 16.4. The molecule has 5 heteroatoms. The zero-order valence-electron chi connectivity index (χ0n) is 12.7. The molecule has 0 bridgehead atoms. The van der Waals surface area contributed by atoms with Gasteiger partial charge in [-0.1, -0.05) is 0 Å². The number of hydrogen-bond donors (Lipinski definition) is 1. The Morgan fingerprint density at radius 2 is 1.85 bits per heavy atom. The van der Waals surface area contributed by atoms with E-state index < -0.39 is 5.97 Å². The second kappa shape index (κ2) is 5.79. The summed E-state index contributed by atoms with van der Waals surface area (Å²) in [6.45, 7) is 11.7. The highest BCUT2D eigenvalue weighted by molar-refractivity contribution is 5.95. The van der Waals surface area contributed by atoms with Gasteiger partial charge in [0.1, 0.15) is 5.56 Å². The summed E-state index contributed by atoms with van der Waals surface area (Å²) in [5.74, 6) is -0.892. The number of pyridine rings is 1. The molecule has 1 aliphatic rings. The fourth-order valence-electron chi connectivity index (χ4n) is 2.80. The lowest BCUT2D eigenvalue weighted by atomic mass is 10.1. The van der Waals surface area contributed by atoms with Gasteiger partial charge in [-0.25, -0.2) is 4.79 Å². The van der Waals surface area contributed by atoms with Gasteiger partial charge in [-0.2, -0.15) is 0 Å². The Morgan fingerprint density at radius 3 is 2.35 bits per heavy atom. The van der Waals surface area contributed by atoms with Crippen molar-refractivity contribution in [3.8, 4) is 0 Å². The molecule has 5 nitrogen and oxygen atoms in total. The first-order chi connectivity index (χ1) is 9.40. The van der Waals surface area contributed by atoms with Crippen LogP contribution in [0.5, 0.6) is 0 Å². The van der Waals surface area contributed by atoms with E-state index in [1.807, 2.05) is 13.0 Å². The SMILES string of the molecule is Cc1cc(N2CCN(C(C)C)CC2)c(C(=O)O)c(C)n1. The molecule has 2 heterocycles. The van der Waals surface area contributed by atoms with Crippen LogP contribution in [0.25, 0.3) is 0 Å². The average Bonchev–Trinajstić information content (AvgIpc) is 2.37. The van der Waals surface area contributed by atoms with Crippen LogP contribution in [0.4, 0.5) is 5.69 Å². The highest BCUT2D eigenvalue weighted by Crippen LogP contribution is 2.25. The highest BCUT2D eigenvalue weighted by Gasteiger charge is 2.24. The molecule has 110 valence electrons. The number of aryl methyl sites for hydroxylation is 2. The van der Waals surface area contributed by atoms with Crippen LogP contribution < -0.4 is 4.90 Å². The molecule has 0 saturated carbocycles. The number of rotatable bonds is 3. The maximum absolute atomic E-state index is 11.5. The topological polar surface area (TPSA) is 56.7 Å². The Balaban J connectivity index is 2.27. The van der Waals surface area contributed by atoms with E-state index in [0.29, 0.717) is 17.3 Å². The van der Waals surface area contributed by atoms with Crippen molar-refractivity contribution in [1.82, 2.24) is 9.88 Å². The van der Waals surface area contributed by atoms with E-state index in [1.54, 1.807) is 6.92 Å². The van der Waals surface area contributed by atoms with Gasteiger partial charge in [0.2, 0.25) is 0 Å². The van der Waals surface area contributed by atoms with Crippen LogP contribution in [-0.2, 0) is 0 Å². The summed E-state index contributed by atoms with van der Waals surface area (Å²) in [6.07, 6.45) is 0. The van der Waals surface area contributed by atoms with Crippen molar-refractivity contribution in [2.75, 3.05) is 31.1 Å². The number of nitrogens with zero attached hydrogens (tertiary/aromatic N) is 3. The predicted molar refractivity (Wildman–Crippen MR) is 79.6 cm³/mol. The van der Waals surface area contributed by atoms with Gasteiger partial charge in [0.15, 0.2) is 0 Å². The van der Waals surface area contributed by atoms with Crippen molar-refractivity contribution in [3.05, 3.63) is 23.0 Å². The Bertz CT molecular complexity index is 506.